The van der Waals surface area contributed by atoms with Gasteiger partial charge in [0, 0.05) is 13.2 Å². The minimum Gasteiger partial charge on any atom is -0.397 e. The molecule has 0 spiro atoms. The Balaban J connectivity index is 1.96. The van der Waals surface area contributed by atoms with Crippen LogP contribution in [0.3, 0.4) is 0 Å². The molecule has 88 valence electrons. The predicted octanol–water partition coefficient (Wildman–Crippen LogP) is 1.95. The maximum atomic E-state index is 5.72. The molecular weight excluding hydrogens is 202 g/mol. The smallest absolute Gasteiger partial charge is 0.126 e. The Morgan fingerprint density at radius 1 is 1.62 bits per heavy atom. The van der Waals surface area contributed by atoms with Crippen molar-refractivity contribution in [1.82, 2.24) is 4.98 Å². The number of nitrogens with two attached hydrogens (primary N) is 1. The van der Waals surface area contributed by atoms with Gasteiger partial charge >= 0.3 is 0 Å². The molecule has 0 saturated carbocycles. The van der Waals surface area contributed by atoms with Gasteiger partial charge in [-0.2, -0.15) is 0 Å². The van der Waals surface area contributed by atoms with E-state index >= 15 is 0 Å². The molecule has 1 fully saturated rings. The first kappa shape index (κ1) is 11.2. The second-order valence-electron chi connectivity index (χ2n) is 4.68. The third-order valence-electron chi connectivity index (χ3n) is 3.10. The number of aryl methyl sites for hydroxylation is 1. The third-order valence-corrected chi connectivity index (χ3v) is 3.10. The first-order chi connectivity index (χ1) is 7.59. The third kappa shape index (κ3) is 2.44. The van der Waals surface area contributed by atoms with Crippen LogP contribution in [0.5, 0.6) is 0 Å². The number of pyridine rings is 1. The van der Waals surface area contributed by atoms with Gasteiger partial charge in [-0.3, -0.25) is 0 Å². The van der Waals surface area contributed by atoms with Crippen LogP contribution in [-0.2, 0) is 4.74 Å². The van der Waals surface area contributed by atoms with E-state index in [1.807, 2.05) is 13.0 Å². The van der Waals surface area contributed by atoms with Crippen molar-refractivity contribution in [2.45, 2.75) is 32.3 Å². The Bertz CT molecular complexity index is 373. The van der Waals surface area contributed by atoms with Gasteiger partial charge in [-0.1, -0.05) is 0 Å². The largest absolute Gasteiger partial charge is 0.397 e. The summed E-state index contributed by atoms with van der Waals surface area (Å²) in [6, 6.07) is 1.97. The zero-order chi connectivity index (χ0) is 11.6. The molecule has 1 aromatic rings. The molecule has 2 heterocycles. The van der Waals surface area contributed by atoms with Gasteiger partial charge in [-0.15, -0.1) is 0 Å². The maximum absolute atomic E-state index is 5.72. The van der Waals surface area contributed by atoms with Gasteiger partial charge in [0.1, 0.15) is 5.82 Å². The fraction of sp³-hybridized carbons (Fsp3) is 0.583. The first-order valence-electron chi connectivity index (χ1n) is 5.69. The Kier molecular flexibility index (Phi) is 3.01. The van der Waals surface area contributed by atoms with Crippen LogP contribution in [0.1, 0.15) is 25.3 Å². The highest BCUT2D eigenvalue weighted by Gasteiger charge is 2.29. The number of nitrogens with one attached hydrogen (secondary N) is 1. The van der Waals surface area contributed by atoms with Gasteiger partial charge in [0.15, 0.2) is 0 Å². The summed E-state index contributed by atoms with van der Waals surface area (Å²) in [5.41, 5.74) is 7.45. The van der Waals surface area contributed by atoms with Gasteiger partial charge in [0.2, 0.25) is 0 Å². The van der Waals surface area contributed by atoms with Gasteiger partial charge in [0.25, 0.3) is 0 Å². The van der Waals surface area contributed by atoms with E-state index in [0.29, 0.717) is 0 Å². The monoisotopic (exact) mass is 221 g/mol. The SMILES string of the molecule is Cc1cc(NCC2(C)CCCO2)ncc1N. The molecule has 0 aliphatic carbocycles. The second-order valence-corrected chi connectivity index (χ2v) is 4.68. The summed E-state index contributed by atoms with van der Waals surface area (Å²) < 4.78 is 5.70. The van der Waals surface area contributed by atoms with Crippen molar-refractivity contribution in [2.24, 2.45) is 0 Å². The normalized spacial score (nSPS) is 24.6. The van der Waals surface area contributed by atoms with Crippen molar-refractivity contribution >= 4 is 11.5 Å². The number of aromatic nitrogens is 1. The van der Waals surface area contributed by atoms with Crippen LogP contribution < -0.4 is 11.1 Å². The number of anilines is 2. The Labute approximate surface area is 96.2 Å². The number of nitrogen functional groups attached to an aromatic ring is 1. The van der Waals surface area contributed by atoms with Crippen LogP contribution in [0.4, 0.5) is 11.5 Å². The lowest BCUT2D eigenvalue weighted by molar-refractivity contribution is 0.0315. The summed E-state index contributed by atoms with van der Waals surface area (Å²) >= 11 is 0. The van der Waals surface area contributed by atoms with Crippen LogP contribution in [0.25, 0.3) is 0 Å². The van der Waals surface area contributed by atoms with E-state index in [1.165, 1.54) is 0 Å². The number of hydrogen-bond acceptors (Lipinski definition) is 4. The van der Waals surface area contributed by atoms with Gasteiger partial charge in [-0.25, -0.2) is 4.98 Å². The molecule has 1 aliphatic rings. The summed E-state index contributed by atoms with van der Waals surface area (Å²) in [6.45, 7) is 5.78. The molecule has 1 atom stereocenters. The average Bonchev–Trinajstić information content (AvgIpc) is 2.68. The lowest BCUT2D eigenvalue weighted by Crippen LogP contribution is -2.32. The summed E-state index contributed by atoms with van der Waals surface area (Å²) in [7, 11) is 0. The summed E-state index contributed by atoms with van der Waals surface area (Å²) in [5, 5.41) is 3.30. The highest BCUT2D eigenvalue weighted by atomic mass is 16.5. The number of ether oxygens (including phenoxy) is 1. The summed E-state index contributed by atoms with van der Waals surface area (Å²) in [6.07, 6.45) is 3.94. The van der Waals surface area contributed by atoms with Crippen molar-refractivity contribution in [1.29, 1.82) is 0 Å². The molecule has 4 heteroatoms. The lowest BCUT2D eigenvalue weighted by Gasteiger charge is -2.23. The number of rotatable bonds is 3. The van der Waals surface area contributed by atoms with Crippen LogP contribution in [0, 0.1) is 6.92 Å². The molecule has 1 aliphatic heterocycles. The minimum atomic E-state index is -0.0447. The fourth-order valence-electron chi connectivity index (χ4n) is 1.92. The minimum absolute atomic E-state index is 0.0447. The van der Waals surface area contributed by atoms with Crippen molar-refractivity contribution < 1.29 is 4.74 Å². The van der Waals surface area contributed by atoms with Crippen LogP contribution in [0.2, 0.25) is 0 Å². The lowest BCUT2D eigenvalue weighted by atomic mass is 10.0. The predicted molar refractivity (Wildman–Crippen MR) is 65.5 cm³/mol. The molecule has 3 N–H and O–H groups in total. The van der Waals surface area contributed by atoms with E-state index in [-0.39, 0.29) is 5.60 Å². The molecule has 2 rings (SSSR count). The zero-order valence-electron chi connectivity index (χ0n) is 9.92. The van der Waals surface area contributed by atoms with E-state index < -0.39 is 0 Å². The quantitative estimate of drug-likeness (QED) is 0.819. The molecule has 0 bridgehead atoms. The van der Waals surface area contributed by atoms with Crippen molar-refractivity contribution in [3.8, 4) is 0 Å². The van der Waals surface area contributed by atoms with Crippen molar-refractivity contribution in [2.75, 3.05) is 24.2 Å². The number of hydrogen-bond donors (Lipinski definition) is 2. The molecule has 0 radical (unpaired) electrons. The molecular formula is C12H19N3O. The topological polar surface area (TPSA) is 60.2 Å². The Morgan fingerprint density at radius 2 is 2.44 bits per heavy atom. The van der Waals surface area contributed by atoms with Crippen molar-refractivity contribution in [3.05, 3.63) is 17.8 Å². The Hall–Kier alpha value is -1.29. The van der Waals surface area contributed by atoms with Crippen LogP contribution in [-0.4, -0.2) is 23.7 Å². The average molecular weight is 221 g/mol. The summed E-state index contributed by atoms with van der Waals surface area (Å²) in [5.74, 6) is 0.864. The van der Waals surface area contributed by atoms with Gasteiger partial charge in [0.05, 0.1) is 17.5 Å². The van der Waals surface area contributed by atoms with E-state index in [0.717, 1.165) is 43.1 Å². The molecule has 0 aromatic carbocycles. The van der Waals surface area contributed by atoms with E-state index in [9.17, 15) is 0 Å². The second kappa shape index (κ2) is 4.29. The summed E-state index contributed by atoms with van der Waals surface area (Å²) in [4.78, 5) is 4.24. The molecule has 1 aromatic heterocycles. The number of nitrogens with zero attached hydrogens (tertiary/aromatic N) is 1. The first-order valence-corrected chi connectivity index (χ1v) is 5.69. The molecule has 16 heavy (non-hydrogen) atoms. The zero-order valence-corrected chi connectivity index (χ0v) is 9.92. The van der Waals surface area contributed by atoms with Crippen LogP contribution in [0.15, 0.2) is 12.3 Å². The van der Waals surface area contributed by atoms with E-state index in [4.69, 9.17) is 10.5 Å². The fourth-order valence-corrected chi connectivity index (χ4v) is 1.92. The molecule has 0 amide bonds. The molecule has 1 saturated heterocycles. The van der Waals surface area contributed by atoms with Crippen LogP contribution >= 0.6 is 0 Å². The van der Waals surface area contributed by atoms with Gasteiger partial charge in [-0.05, 0) is 38.3 Å². The molecule has 4 nitrogen and oxygen atoms in total. The van der Waals surface area contributed by atoms with E-state index in [2.05, 4.69) is 17.2 Å². The standard InChI is InChI=1S/C12H19N3O/c1-9-6-11(14-7-10(9)13)15-8-12(2)4-3-5-16-12/h6-7H,3-5,8,13H2,1-2H3,(H,14,15). The maximum Gasteiger partial charge on any atom is 0.126 e. The highest BCUT2D eigenvalue weighted by molar-refractivity contribution is 5.50. The van der Waals surface area contributed by atoms with E-state index in [1.54, 1.807) is 6.20 Å². The molecule has 1 unspecified atom stereocenters. The Morgan fingerprint density at radius 3 is 3.06 bits per heavy atom. The highest BCUT2D eigenvalue weighted by Crippen LogP contribution is 2.25. The van der Waals surface area contributed by atoms with Gasteiger partial charge < -0.3 is 15.8 Å². The van der Waals surface area contributed by atoms with Crippen molar-refractivity contribution in [3.63, 3.8) is 0 Å².